The highest BCUT2D eigenvalue weighted by molar-refractivity contribution is 5.83. The van der Waals surface area contributed by atoms with Crippen molar-refractivity contribution in [3.05, 3.63) is 71.8 Å². The first kappa shape index (κ1) is 27.4. The predicted octanol–water partition coefficient (Wildman–Crippen LogP) is 7.15. The lowest BCUT2D eigenvalue weighted by atomic mass is 9.86. The number of hydrogen-bond acceptors (Lipinski definition) is 3. The molecule has 0 spiro atoms. The molecule has 2 N–H and O–H groups in total. The minimum absolute atomic E-state index is 0.346. The van der Waals surface area contributed by atoms with Gasteiger partial charge in [-0.25, -0.2) is 4.79 Å². The summed E-state index contributed by atoms with van der Waals surface area (Å²) in [4.78, 5) is 14.2. The predicted molar refractivity (Wildman–Crippen MR) is 144 cm³/mol. The minimum Gasteiger partial charge on any atom is -0.479 e. The van der Waals surface area contributed by atoms with Crippen molar-refractivity contribution in [2.45, 2.75) is 102 Å². The second kappa shape index (κ2) is 15.1. The summed E-state index contributed by atoms with van der Waals surface area (Å²) >= 11 is 0. The molecule has 1 heterocycles. The van der Waals surface area contributed by atoms with Crippen molar-refractivity contribution in [1.29, 1.82) is 0 Å². The Balaban J connectivity index is 0.000000196. The standard InChI is InChI=1S/C17H33N.C14H12O3/c1-2-6-10-14-17(13-9-5-1)18-15-11-7-3-4-8-12-16-18;15-13(16)14(17,11-7-3-1-4-8-11)12-9-5-2-6-10-12/h17H,1-16H2;1-10,17H,(H,15,16). The van der Waals surface area contributed by atoms with Crippen LogP contribution in [-0.4, -0.2) is 40.2 Å². The summed E-state index contributed by atoms with van der Waals surface area (Å²) < 4.78 is 0. The van der Waals surface area contributed by atoms with Gasteiger partial charge in [-0.05, 0) is 49.9 Å². The molecule has 4 nitrogen and oxygen atoms in total. The van der Waals surface area contributed by atoms with Crippen LogP contribution >= 0.6 is 0 Å². The lowest BCUT2D eigenvalue weighted by molar-refractivity contribution is -0.155. The molecule has 0 amide bonds. The van der Waals surface area contributed by atoms with E-state index in [9.17, 15) is 15.0 Å². The Labute approximate surface area is 212 Å². The molecule has 0 radical (unpaired) electrons. The number of carbonyl (C=O) groups is 1. The van der Waals surface area contributed by atoms with Crippen LogP contribution in [0.1, 0.15) is 101 Å². The van der Waals surface area contributed by atoms with Crippen LogP contribution in [0.2, 0.25) is 0 Å². The summed E-state index contributed by atoms with van der Waals surface area (Å²) in [5.41, 5.74) is -1.31. The van der Waals surface area contributed by atoms with E-state index in [1.54, 1.807) is 60.7 Å². The van der Waals surface area contributed by atoms with Crippen LogP contribution in [0.3, 0.4) is 0 Å². The maximum absolute atomic E-state index is 11.4. The summed E-state index contributed by atoms with van der Waals surface area (Å²) in [6, 6.07) is 17.7. The SMILES string of the molecule is C1CCCCC(N2CCCCCCCC2)CCC1.O=C(O)C(O)(c1ccccc1)c1ccccc1. The van der Waals surface area contributed by atoms with E-state index in [4.69, 9.17) is 0 Å². The summed E-state index contributed by atoms with van der Waals surface area (Å²) in [6.45, 7) is 2.79. The lowest BCUT2D eigenvalue weighted by Crippen LogP contribution is -2.36. The zero-order chi connectivity index (χ0) is 24.8. The van der Waals surface area contributed by atoms with E-state index in [1.807, 2.05) is 0 Å². The largest absolute Gasteiger partial charge is 0.479 e. The van der Waals surface area contributed by atoms with E-state index >= 15 is 0 Å². The topological polar surface area (TPSA) is 60.8 Å². The van der Waals surface area contributed by atoms with E-state index in [1.165, 1.54) is 103 Å². The van der Waals surface area contributed by atoms with Gasteiger partial charge in [0.15, 0.2) is 0 Å². The highest BCUT2D eigenvalue weighted by Gasteiger charge is 2.39. The average Bonchev–Trinajstić information content (AvgIpc) is 3.13. The van der Waals surface area contributed by atoms with Gasteiger partial charge in [-0.2, -0.15) is 0 Å². The number of carboxylic acid groups (broad SMARTS) is 1. The Morgan fingerprint density at radius 2 is 1.00 bits per heavy atom. The number of rotatable bonds is 4. The molecule has 0 unspecified atom stereocenters. The fourth-order valence-electron chi connectivity index (χ4n) is 5.56. The Hall–Kier alpha value is -2.17. The van der Waals surface area contributed by atoms with Gasteiger partial charge in [0.05, 0.1) is 0 Å². The van der Waals surface area contributed by atoms with Crippen molar-refractivity contribution >= 4 is 5.97 Å². The summed E-state index contributed by atoms with van der Waals surface area (Å²) in [7, 11) is 0. The van der Waals surface area contributed by atoms with Crippen LogP contribution in [0.5, 0.6) is 0 Å². The first-order chi connectivity index (χ1) is 17.1. The van der Waals surface area contributed by atoms with Gasteiger partial charge in [0.25, 0.3) is 0 Å². The number of nitrogens with zero attached hydrogens (tertiary/aromatic N) is 1. The molecule has 0 aromatic heterocycles. The van der Waals surface area contributed by atoms with E-state index in [0.29, 0.717) is 11.1 Å². The molecule has 1 aliphatic heterocycles. The summed E-state index contributed by atoms with van der Waals surface area (Å²) in [5.74, 6) is -1.28. The van der Waals surface area contributed by atoms with Gasteiger partial charge < -0.3 is 15.1 Å². The smallest absolute Gasteiger partial charge is 0.345 e. The molecule has 2 aromatic rings. The van der Waals surface area contributed by atoms with Crippen molar-refractivity contribution in [2.24, 2.45) is 0 Å². The maximum Gasteiger partial charge on any atom is 0.345 e. The van der Waals surface area contributed by atoms with Crippen molar-refractivity contribution in [3.8, 4) is 0 Å². The zero-order valence-corrected chi connectivity index (χ0v) is 21.4. The number of benzene rings is 2. The molecule has 1 saturated heterocycles. The molecule has 0 atom stereocenters. The van der Waals surface area contributed by atoms with Crippen LogP contribution in [0.15, 0.2) is 60.7 Å². The van der Waals surface area contributed by atoms with E-state index in [2.05, 4.69) is 4.90 Å². The fourth-order valence-corrected chi connectivity index (χ4v) is 5.56. The minimum atomic E-state index is -2.00. The molecular formula is C31H45NO3. The lowest BCUT2D eigenvalue weighted by Gasteiger charge is -2.31. The Kier molecular flexibility index (Phi) is 11.8. The molecular weight excluding hydrogens is 434 g/mol. The van der Waals surface area contributed by atoms with Crippen LogP contribution in [-0.2, 0) is 10.4 Å². The van der Waals surface area contributed by atoms with Crippen LogP contribution in [0.25, 0.3) is 0 Å². The van der Waals surface area contributed by atoms with Gasteiger partial charge in [-0.15, -0.1) is 0 Å². The Morgan fingerprint density at radius 3 is 1.40 bits per heavy atom. The average molecular weight is 480 g/mol. The number of aliphatic hydroxyl groups is 1. The highest BCUT2D eigenvalue weighted by atomic mass is 16.4. The molecule has 1 aliphatic carbocycles. The normalized spacial score (nSPS) is 19.5. The molecule has 2 aromatic carbocycles. The third kappa shape index (κ3) is 8.47. The van der Waals surface area contributed by atoms with Crippen LogP contribution in [0, 0.1) is 0 Å². The molecule has 2 fully saturated rings. The Bertz CT molecular complexity index is 757. The van der Waals surface area contributed by atoms with Gasteiger partial charge in [0, 0.05) is 6.04 Å². The monoisotopic (exact) mass is 479 g/mol. The number of carboxylic acids is 1. The van der Waals surface area contributed by atoms with Crippen molar-refractivity contribution in [2.75, 3.05) is 13.1 Å². The second-order valence-corrected chi connectivity index (χ2v) is 10.3. The third-order valence-corrected chi connectivity index (χ3v) is 7.67. The van der Waals surface area contributed by atoms with Crippen molar-refractivity contribution in [1.82, 2.24) is 4.90 Å². The second-order valence-electron chi connectivity index (χ2n) is 10.3. The van der Waals surface area contributed by atoms with E-state index < -0.39 is 11.6 Å². The fraction of sp³-hybridized carbons (Fsp3) is 0.581. The van der Waals surface area contributed by atoms with Crippen LogP contribution < -0.4 is 0 Å². The molecule has 192 valence electrons. The molecule has 4 heteroatoms. The summed E-state index contributed by atoms with van der Waals surface area (Å²) in [5, 5.41) is 19.7. The molecule has 1 saturated carbocycles. The van der Waals surface area contributed by atoms with Gasteiger partial charge in [0.2, 0.25) is 5.60 Å². The van der Waals surface area contributed by atoms with Gasteiger partial charge >= 0.3 is 5.97 Å². The third-order valence-electron chi connectivity index (χ3n) is 7.67. The van der Waals surface area contributed by atoms with Gasteiger partial charge in [-0.1, -0.05) is 125 Å². The van der Waals surface area contributed by atoms with Gasteiger partial charge in [0.1, 0.15) is 0 Å². The number of hydrogen-bond donors (Lipinski definition) is 2. The molecule has 2 aliphatic rings. The molecule has 4 rings (SSSR count). The first-order valence-electron chi connectivity index (χ1n) is 13.9. The zero-order valence-electron chi connectivity index (χ0n) is 21.4. The Morgan fingerprint density at radius 1 is 0.629 bits per heavy atom. The first-order valence-corrected chi connectivity index (χ1v) is 13.9. The van der Waals surface area contributed by atoms with E-state index in [-0.39, 0.29) is 0 Å². The van der Waals surface area contributed by atoms with E-state index in [0.717, 1.165) is 6.04 Å². The summed E-state index contributed by atoms with van der Waals surface area (Å²) in [6.07, 6.45) is 20.7. The van der Waals surface area contributed by atoms with Crippen LogP contribution in [0.4, 0.5) is 0 Å². The molecule has 0 bridgehead atoms. The quantitative estimate of drug-likeness (QED) is 0.489. The number of aliphatic carboxylic acids is 1. The highest BCUT2D eigenvalue weighted by Crippen LogP contribution is 2.29. The van der Waals surface area contributed by atoms with Crippen molar-refractivity contribution in [3.63, 3.8) is 0 Å². The maximum atomic E-state index is 11.4. The molecule has 35 heavy (non-hydrogen) atoms. The van der Waals surface area contributed by atoms with Crippen molar-refractivity contribution < 1.29 is 15.0 Å². The van der Waals surface area contributed by atoms with Gasteiger partial charge in [-0.3, -0.25) is 0 Å².